The van der Waals surface area contributed by atoms with Crippen molar-refractivity contribution in [1.29, 1.82) is 0 Å². The molecular weight excluding hydrogens is 242 g/mol. The summed E-state index contributed by atoms with van der Waals surface area (Å²) in [5, 5.41) is 3.42. The van der Waals surface area contributed by atoms with Gasteiger partial charge in [-0.15, -0.1) is 0 Å². The smallest absolute Gasteiger partial charge is 0.0748 e. The van der Waals surface area contributed by atoms with Crippen LogP contribution >= 0.6 is 0 Å². The summed E-state index contributed by atoms with van der Waals surface area (Å²) in [5.41, 5.74) is 2.30. The first-order chi connectivity index (χ1) is 9.38. The minimum Gasteiger partial charge on any atom is -0.382 e. The van der Waals surface area contributed by atoms with Crippen LogP contribution in [0.4, 0.5) is 5.69 Å². The van der Waals surface area contributed by atoms with Crippen molar-refractivity contribution < 1.29 is 14.2 Å². The molecule has 0 spiro atoms. The molecule has 4 nitrogen and oxygen atoms in total. The Balaban J connectivity index is 1.74. The second-order valence-corrected chi connectivity index (χ2v) is 4.76. The molecule has 1 aliphatic rings. The fraction of sp³-hybridized carbons (Fsp3) is 0.600. The van der Waals surface area contributed by atoms with Crippen molar-refractivity contribution in [3.63, 3.8) is 0 Å². The van der Waals surface area contributed by atoms with E-state index in [0.717, 1.165) is 25.3 Å². The van der Waals surface area contributed by atoms with E-state index in [4.69, 9.17) is 14.2 Å². The zero-order chi connectivity index (χ0) is 13.3. The highest BCUT2D eigenvalue weighted by molar-refractivity contribution is 5.45. The number of hydrogen-bond acceptors (Lipinski definition) is 4. The molecule has 0 bridgehead atoms. The summed E-state index contributed by atoms with van der Waals surface area (Å²) in [5.74, 6) is 0. The van der Waals surface area contributed by atoms with Crippen molar-refractivity contribution in [2.24, 2.45) is 0 Å². The third-order valence-corrected chi connectivity index (χ3v) is 3.19. The standard InChI is InChI=1S/C15H23NO3/c1-17-8-9-18-12-13-4-2-5-14(10-13)16-11-15-6-3-7-19-15/h2,4-5,10,15-16H,3,6-9,11-12H2,1H3. The molecule has 1 unspecified atom stereocenters. The van der Waals surface area contributed by atoms with Gasteiger partial charge in [0.2, 0.25) is 0 Å². The quantitative estimate of drug-likeness (QED) is 0.733. The number of nitrogens with one attached hydrogen (secondary N) is 1. The van der Waals surface area contributed by atoms with Crippen molar-refractivity contribution in [3.8, 4) is 0 Å². The van der Waals surface area contributed by atoms with Gasteiger partial charge in [-0.1, -0.05) is 12.1 Å². The Labute approximate surface area is 115 Å². The highest BCUT2D eigenvalue weighted by atomic mass is 16.5. The molecule has 1 aromatic rings. The molecule has 19 heavy (non-hydrogen) atoms. The average Bonchev–Trinajstić information content (AvgIpc) is 2.95. The van der Waals surface area contributed by atoms with Gasteiger partial charge < -0.3 is 19.5 Å². The summed E-state index contributed by atoms with van der Waals surface area (Å²) < 4.78 is 16.1. The van der Waals surface area contributed by atoms with Gasteiger partial charge in [0, 0.05) is 25.9 Å². The fourth-order valence-corrected chi connectivity index (χ4v) is 2.14. The Morgan fingerprint density at radius 3 is 3.11 bits per heavy atom. The lowest BCUT2D eigenvalue weighted by atomic mass is 10.2. The summed E-state index contributed by atoms with van der Waals surface area (Å²) >= 11 is 0. The predicted octanol–water partition coefficient (Wildman–Crippen LogP) is 2.44. The number of rotatable bonds is 8. The maximum atomic E-state index is 5.60. The summed E-state index contributed by atoms with van der Waals surface area (Å²) in [7, 11) is 1.68. The van der Waals surface area contributed by atoms with Crippen LogP contribution in [-0.4, -0.2) is 39.6 Å². The van der Waals surface area contributed by atoms with Gasteiger partial charge in [0.15, 0.2) is 0 Å². The van der Waals surface area contributed by atoms with Crippen LogP contribution < -0.4 is 5.32 Å². The maximum absolute atomic E-state index is 5.60. The largest absolute Gasteiger partial charge is 0.382 e. The Hall–Kier alpha value is -1.10. The first kappa shape index (κ1) is 14.3. The van der Waals surface area contributed by atoms with E-state index in [1.807, 2.05) is 6.07 Å². The van der Waals surface area contributed by atoms with E-state index < -0.39 is 0 Å². The minimum atomic E-state index is 0.363. The van der Waals surface area contributed by atoms with E-state index in [1.54, 1.807) is 7.11 Å². The first-order valence-corrected chi connectivity index (χ1v) is 6.89. The second-order valence-electron chi connectivity index (χ2n) is 4.76. The minimum absolute atomic E-state index is 0.363. The lowest BCUT2D eigenvalue weighted by Gasteiger charge is -2.13. The van der Waals surface area contributed by atoms with Crippen LogP contribution in [0.25, 0.3) is 0 Å². The van der Waals surface area contributed by atoms with Crippen LogP contribution in [0.5, 0.6) is 0 Å². The monoisotopic (exact) mass is 265 g/mol. The van der Waals surface area contributed by atoms with Gasteiger partial charge >= 0.3 is 0 Å². The summed E-state index contributed by atoms with van der Waals surface area (Å²) in [6, 6.07) is 8.33. The summed E-state index contributed by atoms with van der Waals surface area (Å²) in [4.78, 5) is 0. The van der Waals surface area contributed by atoms with E-state index in [9.17, 15) is 0 Å². The normalized spacial score (nSPS) is 18.7. The van der Waals surface area contributed by atoms with E-state index in [-0.39, 0.29) is 0 Å². The van der Waals surface area contributed by atoms with Gasteiger partial charge in [-0.2, -0.15) is 0 Å². The van der Waals surface area contributed by atoms with Crippen LogP contribution in [0.2, 0.25) is 0 Å². The molecular formula is C15H23NO3. The lowest BCUT2D eigenvalue weighted by molar-refractivity contribution is 0.0617. The molecule has 1 aliphatic heterocycles. The zero-order valence-corrected chi connectivity index (χ0v) is 11.6. The molecule has 0 saturated carbocycles. The van der Waals surface area contributed by atoms with E-state index >= 15 is 0 Å². The van der Waals surface area contributed by atoms with Gasteiger partial charge in [-0.05, 0) is 30.5 Å². The fourth-order valence-electron chi connectivity index (χ4n) is 2.14. The molecule has 4 heteroatoms. The van der Waals surface area contributed by atoms with Crippen molar-refractivity contribution in [1.82, 2.24) is 0 Å². The molecule has 106 valence electrons. The van der Waals surface area contributed by atoms with Crippen LogP contribution in [0, 0.1) is 0 Å². The van der Waals surface area contributed by atoms with E-state index in [1.165, 1.54) is 12.0 Å². The highest BCUT2D eigenvalue weighted by Gasteiger charge is 2.14. The Bertz CT molecular complexity index is 364. The van der Waals surface area contributed by atoms with Crippen molar-refractivity contribution in [2.75, 3.05) is 38.8 Å². The topological polar surface area (TPSA) is 39.7 Å². The molecule has 1 N–H and O–H groups in total. The van der Waals surface area contributed by atoms with Crippen LogP contribution in [-0.2, 0) is 20.8 Å². The molecule has 1 atom stereocenters. The number of methoxy groups -OCH3 is 1. The Morgan fingerprint density at radius 1 is 1.37 bits per heavy atom. The molecule has 0 amide bonds. The van der Waals surface area contributed by atoms with Crippen LogP contribution in [0.3, 0.4) is 0 Å². The second kappa shape index (κ2) is 8.15. The number of ether oxygens (including phenoxy) is 3. The van der Waals surface area contributed by atoms with Crippen molar-refractivity contribution in [3.05, 3.63) is 29.8 Å². The SMILES string of the molecule is COCCOCc1cccc(NCC2CCCO2)c1. The predicted molar refractivity (Wildman–Crippen MR) is 75.4 cm³/mol. The molecule has 0 aromatic heterocycles. The van der Waals surface area contributed by atoms with Gasteiger partial charge in [0.1, 0.15) is 0 Å². The van der Waals surface area contributed by atoms with Gasteiger partial charge in [-0.25, -0.2) is 0 Å². The molecule has 0 radical (unpaired) electrons. The molecule has 1 heterocycles. The lowest BCUT2D eigenvalue weighted by Crippen LogP contribution is -2.18. The van der Waals surface area contributed by atoms with Crippen LogP contribution in [0.15, 0.2) is 24.3 Å². The maximum Gasteiger partial charge on any atom is 0.0748 e. The Morgan fingerprint density at radius 2 is 2.32 bits per heavy atom. The number of hydrogen-bond donors (Lipinski definition) is 1. The van der Waals surface area contributed by atoms with E-state index in [2.05, 4.69) is 23.5 Å². The highest BCUT2D eigenvalue weighted by Crippen LogP contribution is 2.15. The average molecular weight is 265 g/mol. The van der Waals surface area contributed by atoms with Gasteiger partial charge in [0.25, 0.3) is 0 Å². The van der Waals surface area contributed by atoms with Crippen LogP contribution in [0.1, 0.15) is 18.4 Å². The zero-order valence-electron chi connectivity index (χ0n) is 11.6. The first-order valence-electron chi connectivity index (χ1n) is 6.89. The van der Waals surface area contributed by atoms with Crippen molar-refractivity contribution >= 4 is 5.69 Å². The van der Waals surface area contributed by atoms with E-state index in [0.29, 0.717) is 25.9 Å². The molecule has 1 fully saturated rings. The molecule has 2 rings (SSSR count). The number of anilines is 1. The molecule has 1 saturated heterocycles. The molecule has 1 aromatic carbocycles. The van der Waals surface area contributed by atoms with Gasteiger partial charge in [-0.3, -0.25) is 0 Å². The van der Waals surface area contributed by atoms with Gasteiger partial charge in [0.05, 0.1) is 25.9 Å². The number of benzene rings is 1. The summed E-state index contributed by atoms with van der Waals surface area (Å²) in [6.07, 6.45) is 2.70. The summed E-state index contributed by atoms with van der Waals surface area (Å²) in [6.45, 7) is 3.67. The van der Waals surface area contributed by atoms with Crippen molar-refractivity contribution in [2.45, 2.75) is 25.6 Å². The third-order valence-electron chi connectivity index (χ3n) is 3.19. The molecule has 0 aliphatic carbocycles. The third kappa shape index (κ3) is 5.19. The Kier molecular flexibility index (Phi) is 6.14.